The Morgan fingerprint density at radius 3 is 2.76 bits per heavy atom. The van der Waals surface area contributed by atoms with Gasteiger partial charge in [-0.3, -0.25) is 0 Å². The van der Waals surface area contributed by atoms with E-state index in [4.69, 9.17) is 11.6 Å². The molecule has 3 rings (SSSR count). The minimum absolute atomic E-state index is 0.529. The van der Waals surface area contributed by atoms with E-state index < -0.39 is 0 Å². The number of pyridine rings is 1. The Morgan fingerprint density at radius 2 is 2.12 bits per heavy atom. The molecule has 1 aliphatic rings. The SMILES string of the molecule is C=Cc1ccc(N2CCC2)c2cnc(Cl)cc12. The lowest BCUT2D eigenvalue weighted by atomic mass is 10.0. The number of benzene rings is 1. The highest BCUT2D eigenvalue weighted by molar-refractivity contribution is 6.30. The van der Waals surface area contributed by atoms with Crippen molar-refractivity contribution in [2.45, 2.75) is 6.42 Å². The van der Waals surface area contributed by atoms with Crippen molar-refractivity contribution < 1.29 is 0 Å². The average molecular weight is 245 g/mol. The summed E-state index contributed by atoms with van der Waals surface area (Å²) in [5.74, 6) is 0. The van der Waals surface area contributed by atoms with Crippen LogP contribution >= 0.6 is 11.6 Å². The molecule has 0 amide bonds. The fourth-order valence-corrected chi connectivity index (χ4v) is 2.39. The number of fused-ring (bicyclic) bond motifs is 1. The van der Waals surface area contributed by atoms with E-state index in [0.29, 0.717) is 5.15 Å². The predicted molar refractivity (Wildman–Crippen MR) is 73.7 cm³/mol. The zero-order valence-corrected chi connectivity index (χ0v) is 10.2. The summed E-state index contributed by atoms with van der Waals surface area (Å²) in [5, 5.41) is 2.82. The van der Waals surface area contributed by atoms with E-state index in [1.165, 1.54) is 12.1 Å². The highest BCUT2D eigenvalue weighted by atomic mass is 35.5. The van der Waals surface area contributed by atoms with Crippen LogP contribution in [0.4, 0.5) is 5.69 Å². The van der Waals surface area contributed by atoms with Crippen LogP contribution in [0.15, 0.2) is 31.0 Å². The Labute approximate surface area is 106 Å². The van der Waals surface area contributed by atoms with E-state index >= 15 is 0 Å². The molecule has 0 spiro atoms. The molecule has 3 heteroatoms. The summed E-state index contributed by atoms with van der Waals surface area (Å²) in [5.41, 5.74) is 2.36. The van der Waals surface area contributed by atoms with E-state index in [9.17, 15) is 0 Å². The number of nitrogens with zero attached hydrogens (tertiary/aromatic N) is 2. The number of aromatic nitrogens is 1. The van der Waals surface area contributed by atoms with Gasteiger partial charge in [0.05, 0.1) is 0 Å². The highest BCUT2D eigenvalue weighted by Crippen LogP contribution is 2.33. The molecule has 0 bridgehead atoms. The van der Waals surface area contributed by atoms with Gasteiger partial charge in [-0.15, -0.1) is 0 Å². The molecule has 2 aromatic rings. The van der Waals surface area contributed by atoms with Gasteiger partial charge in [-0.05, 0) is 29.5 Å². The third-order valence-corrected chi connectivity index (χ3v) is 3.50. The van der Waals surface area contributed by atoms with Crippen LogP contribution in [0, 0.1) is 0 Å². The fourth-order valence-electron chi connectivity index (χ4n) is 2.23. The minimum atomic E-state index is 0.529. The molecule has 0 saturated carbocycles. The van der Waals surface area contributed by atoms with Crippen LogP contribution < -0.4 is 4.90 Å². The number of halogens is 1. The molecular weight excluding hydrogens is 232 g/mol. The molecule has 1 fully saturated rings. The van der Waals surface area contributed by atoms with Gasteiger partial charge in [0.25, 0.3) is 0 Å². The maximum Gasteiger partial charge on any atom is 0.129 e. The van der Waals surface area contributed by atoms with Gasteiger partial charge >= 0.3 is 0 Å². The van der Waals surface area contributed by atoms with Crippen molar-refractivity contribution in [3.05, 3.63) is 41.7 Å². The van der Waals surface area contributed by atoms with Crippen molar-refractivity contribution in [1.29, 1.82) is 0 Å². The Morgan fingerprint density at radius 1 is 1.29 bits per heavy atom. The second kappa shape index (κ2) is 4.04. The number of anilines is 1. The lowest BCUT2D eigenvalue weighted by Gasteiger charge is -2.34. The van der Waals surface area contributed by atoms with E-state index in [0.717, 1.165) is 29.4 Å². The van der Waals surface area contributed by atoms with Crippen LogP contribution in [-0.2, 0) is 0 Å². The number of hydrogen-bond acceptors (Lipinski definition) is 2. The zero-order valence-electron chi connectivity index (χ0n) is 9.49. The van der Waals surface area contributed by atoms with Crippen molar-refractivity contribution in [2.24, 2.45) is 0 Å². The molecule has 1 saturated heterocycles. The van der Waals surface area contributed by atoms with Crippen molar-refractivity contribution in [1.82, 2.24) is 4.98 Å². The minimum Gasteiger partial charge on any atom is -0.371 e. The lowest BCUT2D eigenvalue weighted by molar-refractivity contribution is 0.620. The summed E-state index contributed by atoms with van der Waals surface area (Å²) in [6.45, 7) is 6.10. The molecule has 1 aromatic heterocycles. The van der Waals surface area contributed by atoms with Gasteiger partial charge in [0.1, 0.15) is 5.15 Å². The molecular formula is C14H13ClN2. The first kappa shape index (κ1) is 10.6. The van der Waals surface area contributed by atoms with Gasteiger partial charge in [-0.25, -0.2) is 4.98 Å². The quantitative estimate of drug-likeness (QED) is 0.748. The average Bonchev–Trinajstić information content (AvgIpc) is 2.26. The third kappa shape index (κ3) is 1.69. The second-order valence-electron chi connectivity index (χ2n) is 4.27. The van der Waals surface area contributed by atoms with Gasteiger partial charge in [0, 0.05) is 30.4 Å². The number of rotatable bonds is 2. The summed E-state index contributed by atoms with van der Waals surface area (Å²) in [6.07, 6.45) is 4.99. The molecule has 0 radical (unpaired) electrons. The Hall–Kier alpha value is -1.54. The predicted octanol–water partition coefficient (Wildman–Crippen LogP) is 3.74. The molecule has 1 aromatic carbocycles. The van der Waals surface area contributed by atoms with E-state index in [-0.39, 0.29) is 0 Å². The maximum absolute atomic E-state index is 5.97. The molecule has 17 heavy (non-hydrogen) atoms. The van der Waals surface area contributed by atoms with Crippen molar-refractivity contribution in [3.8, 4) is 0 Å². The van der Waals surface area contributed by atoms with Crippen molar-refractivity contribution >= 4 is 34.1 Å². The van der Waals surface area contributed by atoms with Crippen molar-refractivity contribution in [3.63, 3.8) is 0 Å². The molecule has 1 aliphatic heterocycles. The van der Waals surface area contributed by atoms with Gasteiger partial charge in [0.15, 0.2) is 0 Å². The molecule has 0 aliphatic carbocycles. The third-order valence-electron chi connectivity index (χ3n) is 3.29. The van der Waals surface area contributed by atoms with Gasteiger partial charge < -0.3 is 4.90 Å². The largest absolute Gasteiger partial charge is 0.371 e. The van der Waals surface area contributed by atoms with Crippen LogP contribution in [0.5, 0.6) is 0 Å². The van der Waals surface area contributed by atoms with E-state index in [1.807, 2.05) is 18.3 Å². The fraction of sp³-hybridized carbons (Fsp3) is 0.214. The standard InChI is InChI=1S/C14H13ClN2/c1-2-10-4-5-13(17-6-3-7-17)12-9-16-14(15)8-11(10)12/h2,4-5,8-9H,1,3,6-7H2. The van der Waals surface area contributed by atoms with E-state index in [2.05, 4.69) is 28.6 Å². The Kier molecular flexibility index (Phi) is 2.52. The van der Waals surface area contributed by atoms with Crippen LogP contribution in [0.1, 0.15) is 12.0 Å². The van der Waals surface area contributed by atoms with E-state index in [1.54, 1.807) is 0 Å². The van der Waals surface area contributed by atoms with Gasteiger partial charge in [0.2, 0.25) is 0 Å². The topological polar surface area (TPSA) is 16.1 Å². The first-order chi connectivity index (χ1) is 8.29. The smallest absolute Gasteiger partial charge is 0.129 e. The normalized spacial score (nSPS) is 14.8. The van der Waals surface area contributed by atoms with Crippen LogP contribution in [0.25, 0.3) is 16.8 Å². The van der Waals surface area contributed by atoms with Crippen molar-refractivity contribution in [2.75, 3.05) is 18.0 Å². The summed E-state index contributed by atoms with van der Waals surface area (Å²) in [6, 6.07) is 6.16. The lowest BCUT2D eigenvalue weighted by Crippen LogP contribution is -2.37. The molecule has 0 unspecified atom stereocenters. The Balaban J connectivity index is 2.28. The zero-order chi connectivity index (χ0) is 11.8. The van der Waals surface area contributed by atoms with Crippen LogP contribution in [0.2, 0.25) is 5.15 Å². The summed E-state index contributed by atoms with van der Waals surface area (Å²) in [7, 11) is 0. The molecule has 86 valence electrons. The maximum atomic E-state index is 5.97. The highest BCUT2D eigenvalue weighted by Gasteiger charge is 2.17. The van der Waals surface area contributed by atoms with Gasteiger partial charge in [-0.2, -0.15) is 0 Å². The first-order valence-electron chi connectivity index (χ1n) is 5.75. The Bertz CT molecular complexity index is 588. The van der Waals surface area contributed by atoms with Crippen LogP contribution in [-0.4, -0.2) is 18.1 Å². The summed E-state index contributed by atoms with van der Waals surface area (Å²) >= 11 is 5.97. The first-order valence-corrected chi connectivity index (χ1v) is 6.13. The summed E-state index contributed by atoms with van der Waals surface area (Å²) in [4.78, 5) is 6.55. The summed E-state index contributed by atoms with van der Waals surface area (Å²) < 4.78 is 0. The monoisotopic (exact) mass is 244 g/mol. The molecule has 2 nitrogen and oxygen atoms in total. The van der Waals surface area contributed by atoms with Crippen LogP contribution in [0.3, 0.4) is 0 Å². The molecule has 0 atom stereocenters. The molecule has 2 heterocycles. The van der Waals surface area contributed by atoms with Gasteiger partial charge in [-0.1, -0.05) is 30.3 Å². The number of hydrogen-bond donors (Lipinski definition) is 0. The second-order valence-corrected chi connectivity index (χ2v) is 4.66. The molecule has 0 N–H and O–H groups in total.